The molecule has 0 N–H and O–H groups in total. The Morgan fingerprint density at radius 2 is 1.32 bits per heavy atom. The average molecular weight is 499 g/mol. The molecule has 0 spiro atoms. The Hall–Kier alpha value is -4.57. The minimum atomic E-state index is -0.384. The number of hydrogen-bond donors (Lipinski definition) is 0. The topological polar surface area (TPSA) is 34.5 Å². The highest BCUT2D eigenvalue weighted by Gasteiger charge is 2.35. The summed E-state index contributed by atoms with van der Waals surface area (Å²) in [5, 5.41) is 0. The van der Waals surface area contributed by atoms with Gasteiger partial charge in [-0.15, -0.1) is 0 Å². The van der Waals surface area contributed by atoms with Crippen LogP contribution >= 0.6 is 0 Å². The van der Waals surface area contributed by atoms with Gasteiger partial charge in [-0.1, -0.05) is 91.0 Å². The molecule has 0 saturated heterocycles. The number of para-hydroxylation sites is 1. The first-order valence-electron chi connectivity index (χ1n) is 13.2. The smallest absolute Gasteiger partial charge is 0.235 e. The zero-order chi connectivity index (χ0) is 25.7. The predicted molar refractivity (Wildman–Crippen MR) is 150 cm³/mol. The first-order valence-corrected chi connectivity index (χ1v) is 13.2. The Morgan fingerprint density at radius 1 is 0.684 bits per heavy atom. The van der Waals surface area contributed by atoms with Gasteiger partial charge in [0, 0.05) is 25.0 Å². The van der Waals surface area contributed by atoms with E-state index in [4.69, 9.17) is 4.74 Å². The molecule has 1 aliphatic heterocycles. The van der Waals surface area contributed by atoms with Crippen LogP contribution in [0.3, 0.4) is 0 Å². The third-order valence-electron chi connectivity index (χ3n) is 7.20. The summed E-state index contributed by atoms with van der Waals surface area (Å²) in [5.41, 5.74) is 4.16. The van der Waals surface area contributed by atoms with E-state index in [1.165, 1.54) is 0 Å². The van der Waals surface area contributed by atoms with Crippen LogP contribution in [0.4, 0.5) is 0 Å². The van der Waals surface area contributed by atoms with Gasteiger partial charge in [0.25, 0.3) is 0 Å². The number of benzene rings is 4. The Labute approximate surface area is 223 Å². The SMILES string of the molecule is O=C(C(c1ccccc1)c1ccccc1)N1CCCn2cccc2C1c1cccc(Oc2ccccc2)c1. The average Bonchev–Trinajstić information content (AvgIpc) is 3.34. The fourth-order valence-electron chi connectivity index (χ4n) is 5.47. The van der Waals surface area contributed by atoms with Crippen LogP contribution in [0.15, 0.2) is 134 Å². The summed E-state index contributed by atoms with van der Waals surface area (Å²) in [5.74, 6) is 1.27. The minimum absolute atomic E-state index is 0.108. The number of rotatable bonds is 6. The Kier molecular flexibility index (Phi) is 6.77. The number of carbonyl (C=O) groups is 1. The molecule has 4 nitrogen and oxygen atoms in total. The maximum atomic E-state index is 14.6. The molecule has 6 rings (SSSR count). The van der Waals surface area contributed by atoms with Crippen LogP contribution in [0, 0.1) is 0 Å². The van der Waals surface area contributed by atoms with Crippen molar-refractivity contribution in [1.29, 1.82) is 0 Å². The van der Waals surface area contributed by atoms with Gasteiger partial charge in [0.1, 0.15) is 11.5 Å². The van der Waals surface area contributed by atoms with Crippen molar-refractivity contribution in [3.8, 4) is 11.5 Å². The second-order valence-corrected chi connectivity index (χ2v) is 9.66. The summed E-state index contributed by atoms with van der Waals surface area (Å²) in [7, 11) is 0. The van der Waals surface area contributed by atoms with Crippen LogP contribution in [0.2, 0.25) is 0 Å². The molecular weight excluding hydrogens is 468 g/mol. The molecule has 0 radical (unpaired) electrons. The number of amides is 1. The van der Waals surface area contributed by atoms with E-state index < -0.39 is 0 Å². The van der Waals surface area contributed by atoms with Crippen LogP contribution in [-0.4, -0.2) is 21.9 Å². The van der Waals surface area contributed by atoms with Crippen molar-refractivity contribution in [3.63, 3.8) is 0 Å². The van der Waals surface area contributed by atoms with Crippen molar-refractivity contribution >= 4 is 5.91 Å². The zero-order valence-electron chi connectivity index (χ0n) is 21.2. The highest BCUT2D eigenvalue weighted by Crippen LogP contribution is 2.38. The molecule has 1 aliphatic rings. The fraction of sp³-hybridized carbons (Fsp3) is 0.147. The molecule has 0 bridgehead atoms. The molecule has 188 valence electrons. The lowest BCUT2D eigenvalue weighted by Gasteiger charge is -2.34. The number of carbonyl (C=O) groups excluding carboxylic acids is 1. The first-order chi connectivity index (χ1) is 18.8. The number of aryl methyl sites for hydroxylation is 1. The quantitative estimate of drug-likeness (QED) is 0.244. The minimum Gasteiger partial charge on any atom is -0.457 e. The largest absolute Gasteiger partial charge is 0.457 e. The van der Waals surface area contributed by atoms with Crippen LogP contribution in [0.5, 0.6) is 11.5 Å². The van der Waals surface area contributed by atoms with Crippen molar-refractivity contribution in [2.75, 3.05) is 6.54 Å². The molecule has 2 heterocycles. The number of hydrogen-bond acceptors (Lipinski definition) is 2. The number of ether oxygens (including phenoxy) is 1. The summed E-state index contributed by atoms with van der Waals surface area (Å²) in [6, 6.07) is 42.2. The van der Waals surface area contributed by atoms with Gasteiger partial charge in [0.2, 0.25) is 5.91 Å². The maximum Gasteiger partial charge on any atom is 0.235 e. The van der Waals surface area contributed by atoms with E-state index in [0.29, 0.717) is 6.54 Å². The van der Waals surface area contributed by atoms with Crippen LogP contribution in [0.25, 0.3) is 0 Å². The van der Waals surface area contributed by atoms with Crippen molar-refractivity contribution in [2.24, 2.45) is 0 Å². The number of fused-ring (bicyclic) bond motifs is 1. The lowest BCUT2D eigenvalue weighted by molar-refractivity contribution is -0.133. The molecule has 4 heteroatoms. The summed E-state index contributed by atoms with van der Waals surface area (Å²) >= 11 is 0. The van der Waals surface area contributed by atoms with E-state index in [1.54, 1.807) is 0 Å². The van der Waals surface area contributed by atoms with Gasteiger partial charge in [-0.2, -0.15) is 0 Å². The molecule has 1 amide bonds. The third kappa shape index (κ3) is 4.85. The molecule has 5 aromatic rings. The van der Waals surface area contributed by atoms with Gasteiger partial charge in [0.15, 0.2) is 0 Å². The molecule has 1 atom stereocenters. The van der Waals surface area contributed by atoms with E-state index >= 15 is 0 Å². The van der Waals surface area contributed by atoms with Crippen molar-refractivity contribution in [2.45, 2.75) is 24.9 Å². The Bertz CT molecular complexity index is 1460. The van der Waals surface area contributed by atoms with Gasteiger partial charge in [-0.3, -0.25) is 4.79 Å². The number of aromatic nitrogens is 1. The molecule has 38 heavy (non-hydrogen) atoms. The summed E-state index contributed by atoms with van der Waals surface area (Å²) < 4.78 is 8.46. The molecular formula is C34H30N2O2. The first kappa shape index (κ1) is 23.8. The molecule has 1 unspecified atom stereocenters. The van der Waals surface area contributed by atoms with Gasteiger partial charge in [-0.25, -0.2) is 0 Å². The number of nitrogens with zero attached hydrogens (tertiary/aromatic N) is 2. The monoisotopic (exact) mass is 498 g/mol. The van der Waals surface area contributed by atoms with Gasteiger partial charge in [0.05, 0.1) is 12.0 Å². The lowest BCUT2D eigenvalue weighted by atomic mass is 9.88. The van der Waals surface area contributed by atoms with Crippen LogP contribution in [0.1, 0.15) is 40.8 Å². The Morgan fingerprint density at radius 3 is 2.00 bits per heavy atom. The highest BCUT2D eigenvalue weighted by molar-refractivity contribution is 5.88. The standard InChI is InChI=1S/C34H30N2O2/c37-34(32(26-13-4-1-5-14-26)27-15-6-2-7-16-27)36-24-12-23-35-22-11-21-31(35)33(36)28-17-10-20-30(25-28)38-29-18-8-3-9-19-29/h1-11,13-22,25,32-33H,12,23-24H2. The fourth-order valence-corrected chi connectivity index (χ4v) is 5.47. The van der Waals surface area contributed by atoms with Gasteiger partial charge in [-0.05, 0) is 59.5 Å². The van der Waals surface area contributed by atoms with Crippen molar-refractivity contribution < 1.29 is 9.53 Å². The van der Waals surface area contributed by atoms with E-state index in [2.05, 4.69) is 64.2 Å². The zero-order valence-corrected chi connectivity index (χ0v) is 21.2. The second-order valence-electron chi connectivity index (χ2n) is 9.66. The Balaban J connectivity index is 1.43. The van der Waals surface area contributed by atoms with Crippen LogP contribution < -0.4 is 4.74 Å². The van der Waals surface area contributed by atoms with Crippen molar-refractivity contribution in [3.05, 3.63) is 156 Å². The lowest BCUT2D eigenvalue weighted by Crippen LogP contribution is -2.39. The molecule has 4 aromatic carbocycles. The van der Waals surface area contributed by atoms with Gasteiger partial charge >= 0.3 is 0 Å². The molecule has 0 fully saturated rings. The van der Waals surface area contributed by atoms with Crippen LogP contribution in [-0.2, 0) is 11.3 Å². The third-order valence-corrected chi connectivity index (χ3v) is 7.20. The highest BCUT2D eigenvalue weighted by atomic mass is 16.5. The molecule has 1 aromatic heterocycles. The van der Waals surface area contributed by atoms with E-state index in [1.807, 2.05) is 78.9 Å². The van der Waals surface area contributed by atoms with E-state index in [0.717, 1.165) is 46.8 Å². The van der Waals surface area contributed by atoms with Gasteiger partial charge < -0.3 is 14.2 Å². The molecule has 0 aliphatic carbocycles. The summed E-state index contributed by atoms with van der Waals surface area (Å²) in [6.07, 6.45) is 3.01. The normalized spacial score (nSPS) is 15.1. The second kappa shape index (κ2) is 10.8. The van der Waals surface area contributed by atoms with Crippen molar-refractivity contribution in [1.82, 2.24) is 9.47 Å². The summed E-state index contributed by atoms with van der Waals surface area (Å²) in [6.45, 7) is 1.55. The summed E-state index contributed by atoms with van der Waals surface area (Å²) in [4.78, 5) is 16.7. The maximum absolute atomic E-state index is 14.6. The predicted octanol–water partition coefficient (Wildman–Crippen LogP) is 7.43. The van der Waals surface area contributed by atoms with E-state index in [-0.39, 0.29) is 17.9 Å². The molecule has 0 saturated carbocycles. The van der Waals surface area contributed by atoms with E-state index in [9.17, 15) is 4.79 Å².